The van der Waals surface area contributed by atoms with E-state index in [4.69, 9.17) is 13.6 Å². The van der Waals surface area contributed by atoms with E-state index in [1.807, 2.05) is 18.2 Å². The predicted molar refractivity (Wildman–Crippen MR) is 98.9 cm³/mol. The number of aromatic nitrogens is 3. The number of thioether (sulfide) groups is 1. The van der Waals surface area contributed by atoms with Gasteiger partial charge in [-0.3, -0.25) is 4.79 Å². The number of rotatable bonds is 6. The summed E-state index contributed by atoms with van der Waals surface area (Å²) in [5.74, 6) is -0.433. The standard InChI is InChI=1S/C19H14FN3O4S/c1-11(17-22-23-18(27-17)12-6-8-13(20)9-7-12)25-16(24)10-28-19-21-14-4-2-3-5-15(14)26-19/h2-9,11H,10H2,1H3/t11-/m0/s1. The van der Waals surface area contributed by atoms with Gasteiger partial charge in [-0.15, -0.1) is 10.2 Å². The van der Waals surface area contributed by atoms with Crippen LogP contribution >= 0.6 is 11.8 Å². The molecule has 28 heavy (non-hydrogen) atoms. The first-order chi connectivity index (χ1) is 13.6. The Hall–Kier alpha value is -3.20. The highest BCUT2D eigenvalue weighted by Crippen LogP contribution is 2.25. The number of benzene rings is 2. The highest BCUT2D eigenvalue weighted by molar-refractivity contribution is 7.99. The van der Waals surface area contributed by atoms with Crippen LogP contribution in [0.25, 0.3) is 22.6 Å². The molecule has 0 radical (unpaired) electrons. The van der Waals surface area contributed by atoms with Crippen molar-refractivity contribution in [1.82, 2.24) is 15.2 Å². The van der Waals surface area contributed by atoms with Gasteiger partial charge in [0.25, 0.3) is 11.1 Å². The van der Waals surface area contributed by atoms with Crippen molar-refractivity contribution >= 4 is 28.8 Å². The average molecular weight is 399 g/mol. The Morgan fingerprint density at radius 1 is 1.14 bits per heavy atom. The Labute approximate surface area is 162 Å². The number of halogens is 1. The number of para-hydroxylation sites is 2. The zero-order valence-electron chi connectivity index (χ0n) is 14.7. The van der Waals surface area contributed by atoms with Gasteiger partial charge in [0.15, 0.2) is 11.7 Å². The minimum Gasteiger partial charge on any atom is -0.452 e. The molecule has 2 aromatic heterocycles. The Bertz CT molecular complexity index is 1080. The summed E-state index contributed by atoms with van der Waals surface area (Å²) in [6, 6.07) is 13.0. The molecule has 9 heteroatoms. The molecule has 0 N–H and O–H groups in total. The van der Waals surface area contributed by atoms with Crippen molar-refractivity contribution in [1.29, 1.82) is 0 Å². The van der Waals surface area contributed by atoms with Gasteiger partial charge in [-0.2, -0.15) is 0 Å². The van der Waals surface area contributed by atoms with Gasteiger partial charge < -0.3 is 13.6 Å². The van der Waals surface area contributed by atoms with Crippen LogP contribution in [0.15, 0.2) is 62.6 Å². The van der Waals surface area contributed by atoms with Crippen LogP contribution in [0, 0.1) is 5.82 Å². The summed E-state index contributed by atoms with van der Waals surface area (Å²) in [4.78, 5) is 16.4. The summed E-state index contributed by atoms with van der Waals surface area (Å²) in [7, 11) is 0. The quantitative estimate of drug-likeness (QED) is 0.348. The third-order valence-electron chi connectivity index (χ3n) is 3.78. The predicted octanol–water partition coefficient (Wildman–Crippen LogP) is 4.41. The summed E-state index contributed by atoms with van der Waals surface area (Å²) >= 11 is 1.14. The van der Waals surface area contributed by atoms with Crippen molar-refractivity contribution in [2.24, 2.45) is 0 Å². The number of hydrogen-bond acceptors (Lipinski definition) is 8. The Kier molecular flexibility index (Phi) is 5.07. The molecule has 142 valence electrons. The first-order valence-corrected chi connectivity index (χ1v) is 9.34. The first-order valence-electron chi connectivity index (χ1n) is 8.35. The molecular weight excluding hydrogens is 385 g/mol. The maximum atomic E-state index is 13.0. The molecule has 0 unspecified atom stereocenters. The van der Waals surface area contributed by atoms with E-state index >= 15 is 0 Å². The molecule has 2 heterocycles. The highest BCUT2D eigenvalue weighted by atomic mass is 32.2. The fourth-order valence-corrected chi connectivity index (χ4v) is 3.04. The topological polar surface area (TPSA) is 91.2 Å². The number of esters is 1. The van der Waals surface area contributed by atoms with Crippen LogP contribution in [-0.4, -0.2) is 26.9 Å². The SMILES string of the molecule is C[C@H](OC(=O)CSc1nc2ccccc2o1)c1nnc(-c2ccc(F)cc2)o1. The van der Waals surface area contributed by atoms with Crippen molar-refractivity contribution in [3.05, 3.63) is 60.2 Å². The van der Waals surface area contributed by atoms with Gasteiger partial charge in [0.1, 0.15) is 17.1 Å². The minimum atomic E-state index is -0.724. The fraction of sp³-hybridized carbons (Fsp3) is 0.158. The number of hydrogen-bond donors (Lipinski definition) is 0. The van der Waals surface area contributed by atoms with E-state index in [0.717, 1.165) is 17.3 Å². The molecule has 4 aromatic rings. The van der Waals surface area contributed by atoms with Crippen LogP contribution in [0.2, 0.25) is 0 Å². The number of ether oxygens (including phenoxy) is 1. The molecule has 0 aliphatic carbocycles. The van der Waals surface area contributed by atoms with Gasteiger partial charge in [0, 0.05) is 5.56 Å². The summed E-state index contributed by atoms with van der Waals surface area (Å²) < 4.78 is 29.4. The van der Waals surface area contributed by atoms with Gasteiger partial charge in [0.05, 0.1) is 0 Å². The third-order valence-corrected chi connectivity index (χ3v) is 4.58. The van der Waals surface area contributed by atoms with E-state index < -0.39 is 12.1 Å². The Balaban J connectivity index is 1.34. The van der Waals surface area contributed by atoms with E-state index in [0.29, 0.717) is 16.4 Å². The van der Waals surface area contributed by atoms with Crippen LogP contribution in [0.4, 0.5) is 4.39 Å². The molecule has 0 aliphatic rings. The molecule has 0 bridgehead atoms. The lowest BCUT2D eigenvalue weighted by Gasteiger charge is -2.08. The molecule has 1 atom stereocenters. The van der Waals surface area contributed by atoms with Crippen molar-refractivity contribution in [2.75, 3.05) is 5.75 Å². The van der Waals surface area contributed by atoms with Gasteiger partial charge in [-0.25, -0.2) is 9.37 Å². The number of carbonyl (C=O) groups excluding carboxylic acids is 1. The molecule has 0 fully saturated rings. The van der Waals surface area contributed by atoms with E-state index in [1.54, 1.807) is 13.0 Å². The molecule has 2 aromatic carbocycles. The van der Waals surface area contributed by atoms with Crippen molar-refractivity contribution in [2.45, 2.75) is 18.3 Å². The summed E-state index contributed by atoms with van der Waals surface area (Å²) in [5.41, 5.74) is 1.96. The van der Waals surface area contributed by atoms with Crippen molar-refractivity contribution in [3.63, 3.8) is 0 Å². The molecule has 0 spiro atoms. The van der Waals surface area contributed by atoms with E-state index in [-0.39, 0.29) is 23.4 Å². The minimum absolute atomic E-state index is 0.0239. The van der Waals surface area contributed by atoms with Crippen LogP contribution < -0.4 is 0 Å². The highest BCUT2D eigenvalue weighted by Gasteiger charge is 2.20. The molecule has 0 amide bonds. The number of nitrogens with zero attached hydrogens (tertiary/aromatic N) is 3. The van der Waals surface area contributed by atoms with E-state index in [1.165, 1.54) is 24.3 Å². The Morgan fingerprint density at radius 3 is 2.71 bits per heavy atom. The van der Waals surface area contributed by atoms with Crippen molar-refractivity contribution < 1.29 is 22.8 Å². The Morgan fingerprint density at radius 2 is 1.93 bits per heavy atom. The maximum absolute atomic E-state index is 13.0. The largest absolute Gasteiger partial charge is 0.452 e. The van der Waals surface area contributed by atoms with Crippen LogP contribution in [0.1, 0.15) is 18.9 Å². The molecule has 7 nitrogen and oxygen atoms in total. The second-order valence-electron chi connectivity index (χ2n) is 5.82. The van der Waals surface area contributed by atoms with Gasteiger partial charge in [-0.1, -0.05) is 23.9 Å². The second kappa shape index (κ2) is 7.81. The normalized spacial score (nSPS) is 12.2. The average Bonchev–Trinajstić information content (AvgIpc) is 3.34. The molecule has 0 saturated carbocycles. The lowest BCUT2D eigenvalue weighted by Crippen LogP contribution is -2.11. The van der Waals surface area contributed by atoms with E-state index in [9.17, 15) is 9.18 Å². The fourth-order valence-electron chi connectivity index (χ4n) is 2.42. The second-order valence-corrected chi connectivity index (χ2v) is 6.75. The summed E-state index contributed by atoms with van der Waals surface area (Å²) in [6.45, 7) is 1.63. The van der Waals surface area contributed by atoms with Gasteiger partial charge in [0.2, 0.25) is 5.89 Å². The maximum Gasteiger partial charge on any atom is 0.317 e. The van der Waals surface area contributed by atoms with Crippen LogP contribution in [0.5, 0.6) is 0 Å². The van der Waals surface area contributed by atoms with Gasteiger partial charge in [-0.05, 0) is 43.3 Å². The third kappa shape index (κ3) is 4.04. The number of fused-ring (bicyclic) bond motifs is 1. The number of carbonyl (C=O) groups is 1. The lowest BCUT2D eigenvalue weighted by molar-refractivity contribution is -0.146. The zero-order chi connectivity index (χ0) is 19.5. The van der Waals surface area contributed by atoms with E-state index in [2.05, 4.69) is 15.2 Å². The zero-order valence-corrected chi connectivity index (χ0v) is 15.5. The molecule has 4 rings (SSSR count). The summed E-state index contributed by atoms with van der Waals surface area (Å²) in [6.07, 6.45) is -0.724. The van der Waals surface area contributed by atoms with Crippen LogP contribution in [0.3, 0.4) is 0 Å². The molecule has 0 aliphatic heterocycles. The smallest absolute Gasteiger partial charge is 0.317 e. The van der Waals surface area contributed by atoms with Gasteiger partial charge >= 0.3 is 5.97 Å². The summed E-state index contributed by atoms with van der Waals surface area (Å²) in [5, 5.41) is 8.18. The lowest BCUT2D eigenvalue weighted by atomic mass is 10.2. The number of oxazole rings is 1. The molecular formula is C19H14FN3O4S. The molecule has 0 saturated heterocycles. The van der Waals surface area contributed by atoms with Crippen LogP contribution in [-0.2, 0) is 9.53 Å². The first kappa shape index (κ1) is 18.2. The monoisotopic (exact) mass is 399 g/mol. The van der Waals surface area contributed by atoms with Crippen molar-refractivity contribution in [3.8, 4) is 11.5 Å².